The Morgan fingerprint density at radius 2 is 1.95 bits per heavy atom. The number of thiocarbonyl (C=S) groups is 1. The maximum Gasteiger partial charge on any atom is 0.261 e. The van der Waals surface area contributed by atoms with E-state index in [1.807, 2.05) is 0 Å². The maximum atomic E-state index is 12.3. The molecule has 0 unspecified atom stereocenters. The molecule has 5 nitrogen and oxygen atoms in total. The number of sulfonamides is 1. The SMILES string of the molecule is Cc1ncccc1NS(=O)(=O)c1ccc(CC(N)=S)cc1. The van der Waals surface area contributed by atoms with Crippen molar-refractivity contribution in [3.05, 3.63) is 53.9 Å². The van der Waals surface area contributed by atoms with E-state index in [2.05, 4.69) is 9.71 Å². The Hall–Kier alpha value is -1.99. The minimum atomic E-state index is -3.64. The van der Waals surface area contributed by atoms with E-state index in [4.69, 9.17) is 18.0 Å². The molecule has 0 fully saturated rings. The molecular formula is C14H15N3O2S2. The van der Waals surface area contributed by atoms with Crippen LogP contribution < -0.4 is 10.5 Å². The normalized spacial score (nSPS) is 11.1. The molecule has 7 heteroatoms. The van der Waals surface area contributed by atoms with Gasteiger partial charge in [-0.15, -0.1) is 0 Å². The summed E-state index contributed by atoms with van der Waals surface area (Å²) < 4.78 is 27.1. The molecule has 0 radical (unpaired) electrons. The summed E-state index contributed by atoms with van der Waals surface area (Å²) in [5.41, 5.74) is 7.41. The number of pyridine rings is 1. The second-order valence-electron chi connectivity index (χ2n) is 4.53. The molecule has 3 N–H and O–H groups in total. The van der Waals surface area contributed by atoms with Crippen LogP contribution in [0.4, 0.5) is 5.69 Å². The number of aryl methyl sites for hydroxylation is 1. The van der Waals surface area contributed by atoms with Gasteiger partial charge in [0.2, 0.25) is 0 Å². The monoisotopic (exact) mass is 321 g/mol. The van der Waals surface area contributed by atoms with Crippen molar-refractivity contribution in [1.29, 1.82) is 0 Å². The van der Waals surface area contributed by atoms with Crippen molar-refractivity contribution < 1.29 is 8.42 Å². The third kappa shape index (κ3) is 3.99. The molecule has 0 aliphatic carbocycles. The number of nitrogens with one attached hydrogen (secondary N) is 1. The highest BCUT2D eigenvalue weighted by Crippen LogP contribution is 2.18. The van der Waals surface area contributed by atoms with E-state index < -0.39 is 10.0 Å². The number of hydrogen-bond acceptors (Lipinski definition) is 4. The van der Waals surface area contributed by atoms with Crippen LogP contribution in [-0.2, 0) is 16.4 Å². The predicted molar refractivity (Wildman–Crippen MR) is 86.7 cm³/mol. The fourth-order valence-electron chi connectivity index (χ4n) is 1.78. The Morgan fingerprint density at radius 3 is 2.52 bits per heavy atom. The Balaban J connectivity index is 2.24. The highest BCUT2D eigenvalue weighted by Gasteiger charge is 2.15. The molecule has 0 aliphatic rings. The van der Waals surface area contributed by atoms with E-state index in [1.165, 1.54) is 12.1 Å². The van der Waals surface area contributed by atoms with Crippen molar-refractivity contribution in [2.75, 3.05) is 4.72 Å². The first-order valence-corrected chi connectivity index (χ1v) is 8.09. The first kappa shape index (κ1) is 15.4. The molecule has 0 saturated carbocycles. The van der Waals surface area contributed by atoms with Crippen LogP contribution in [0.25, 0.3) is 0 Å². The molecule has 0 aliphatic heterocycles. The van der Waals surface area contributed by atoms with E-state index in [-0.39, 0.29) is 4.90 Å². The highest BCUT2D eigenvalue weighted by atomic mass is 32.2. The lowest BCUT2D eigenvalue weighted by molar-refractivity contribution is 0.601. The molecule has 0 bridgehead atoms. The number of benzene rings is 1. The summed E-state index contributed by atoms with van der Waals surface area (Å²) in [6.07, 6.45) is 2.06. The average molecular weight is 321 g/mol. The zero-order valence-corrected chi connectivity index (χ0v) is 13.0. The maximum absolute atomic E-state index is 12.3. The second kappa shape index (κ2) is 6.19. The van der Waals surface area contributed by atoms with Crippen LogP contribution in [-0.4, -0.2) is 18.4 Å². The minimum Gasteiger partial charge on any atom is -0.393 e. The van der Waals surface area contributed by atoms with Gasteiger partial charge >= 0.3 is 0 Å². The van der Waals surface area contributed by atoms with Crippen LogP contribution in [0.2, 0.25) is 0 Å². The van der Waals surface area contributed by atoms with Gasteiger partial charge in [-0.3, -0.25) is 9.71 Å². The third-order valence-electron chi connectivity index (χ3n) is 2.86. The molecule has 0 saturated heterocycles. The summed E-state index contributed by atoms with van der Waals surface area (Å²) in [5, 5.41) is 0. The first-order chi connectivity index (χ1) is 9.88. The Morgan fingerprint density at radius 1 is 1.29 bits per heavy atom. The van der Waals surface area contributed by atoms with Crippen LogP contribution >= 0.6 is 12.2 Å². The summed E-state index contributed by atoms with van der Waals surface area (Å²) >= 11 is 4.83. The lowest BCUT2D eigenvalue weighted by atomic mass is 10.1. The van der Waals surface area contributed by atoms with Crippen molar-refractivity contribution in [1.82, 2.24) is 4.98 Å². The van der Waals surface area contributed by atoms with Gasteiger partial charge in [0.1, 0.15) is 0 Å². The van der Waals surface area contributed by atoms with E-state index in [9.17, 15) is 8.42 Å². The smallest absolute Gasteiger partial charge is 0.261 e. The number of nitrogens with zero attached hydrogens (tertiary/aromatic N) is 1. The number of hydrogen-bond donors (Lipinski definition) is 2. The van der Waals surface area contributed by atoms with Crippen molar-refractivity contribution in [3.63, 3.8) is 0 Å². The fourth-order valence-corrected chi connectivity index (χ4v) is 3.07. The van der Waals surface area contributed by atoms with Crippen molar-refractivity contribution in [3.8, 4) is 0 Å². The van der Waals surface area contributed by atoms with Crippen LogP contribution in [0.5, 0.6) is 0 Å². The van der Waals surface area contributed by atoms with Gasteiger partial charge in [0.05, 0.1) is 21.3 Å². The second-order valence-corrected chi connectivity index (χ2v) is 6.74. The quantitative estimate of drug-likeness (QED) is 0.823. The molecule has 1 heterocycles. The van der Waals surface area contributed by atoms with E-state index in [0.29, 0.717) is 22.8 Å². The Kier molecular flexibility index (Phi) is 4.54. The lowest BCUT2D eigenvalue weighted by Gasteiger charge is -2.10. The summed E-state index contributed by atoms with van der Waals surface area (Å²) in [4.78, 5) is 4.60. The van der Waals surface area contributed by atoms with E-state index in [1.54, 1.807) is 37.4 Å². The van der Waals surface area contributed by atoms with Gasteiger partial charge in [0, 0.05) is 12.6 Å². The lowest BCUT2D eigenvalue weighted by Crippen LogP contribution is -2.14. The largest absolute Gasteiger partial charge is 0.393 e. The number of anilines is 1. The van der Waals surface area contributed by atoms with Crippen molar-refractivity contribution in [2.45, 2.75) is 18.2 Å². The fraction of sp³-hybridized carbons (Fsp3) is 0.143. The van der Waals surface area contributed by atoms with Crippen molar-refractivity contribution >= 4 is 32.9 Å². The molecule has 110 valence electrons. The Bertz CT molecular complexity index is 756. The van der Waals surface area contributed by atoms with Gasteiger partial charge in [-0.2, -0.15) is 0 Å². The van der Waals surface area contributed by atoms with Gasteiger partial charge in [0.15, 0.2) is 0 Å². The van der Waals surface area contributed by atoms with Crippen LogP contribution in [0.1, 0.15) is 11.3 Å². The molecule has 0 atom stereocenters. The molecule has 0 spiro atoms. The van der Waals surface area contributed by atoms with Crippen molar-refractivity contribution in [2.24, 2.45) is 5.73 Å². The molecule has 2 rings (SSSR count). The molecule has 21 heavy (non-hydrogen) atoms. The topological polar surface area (TPSA) is 85.1 Å². The van der Waals surface area contributed by atoms with E-state index >= 15 is 0 Å². The first-order valence-electron chi connectivity index (χ1n) is 6.20. The summed E-state index contributed by atoms with van der Waals surface area (Å²) in [7, 11) is -3.64. The highest BCUT2D eigenvalue weighted by molar-refractivity contribution is 7.92. The van der Waals surface area contributed by atoms with Crippen LogP contribution in [0, 0.1) is 6.92 Å². The van der Waals surface area contributed by atoms with Gasteiger partial charge < -0.3 is 5.73 Å². The van der Waals surface area contributed by atoms with Gasteiger partial charge in [-0.25, -0.2) is 8.42 Å². The summed E-state index contributed by atoms with van der Waals surface area (Å²) in [6, 6.07) is 9.80. The molecule has 1 aromatic carbocycles. The molecule has 1 aromatic heterocycles. The summed E-state index contributed by atoms with van der Waals surface area (Å²) in [5.74, 6) is 0. The zero-order chi connectivity index (χ0) is 15.5. The van der Waals surface area contributed by atoms with Crippen LogP contribution in [0.15, 0.2) is 47.5 Å². The summed E-state index contributed by atoms with van der Waals surface area (Å²) in [6.45, 7) is 1.74. The van der Waals surface area contributed by atoms with Gasteiger partial charge in [-0.1, -0.05) is 24.4 Å². The van der Waals surface area contributed by atoms with Crippen LogP contribution in [0.3, 0.4) is 0 Å². The van der Waals surface area contributed by atoms with Gasteiger partial charge in [-0.05, 0) is 36.8 Å². The number of aromatic nitrogens is 1. The van der Waals surface area contributed by atoms with E-state index in [0.717, 1.165) is 5.56 Å². The number of nitrogens with two attached hydrogens (primary N) is 1. The average Bonchev–Trinajstić information content (AvgIpc) is 2.41. The zero-order valence-electron chi connectivity index (χ0n) is 11.4. The Labute approximate surface area is 129 Å². The molecule has 2 aromatic rings. The minimum absolute atomic E-state index is 0.178. The predicted octanol–water partition coefficient (Wildman–Crippen LogP) is 2.02. The van der Waals surface area contributed by atoms with Gasteiger partial charge in [0.25, 0.3) is 10.0 Å². The third-order valence-corrected chi connectivity index (χ3v) is 4.39. The molecule has 0 amide bonds. The standard InChI is InChI=1S/C14H15N3O2S2/c1-10-13(3-2-8-16-10)17-21(18,19)12-6-4-11(5-7-12)9-14(15)20/h2-8,17H,9H2,1H3,(H2,15,20). The molecular weight excluding hydrogens is 306 g/mol. The number of rotatable bonds is 5.